The summed E-state index contributed by atoms with van der Waals surface area (Å²) in [5.41, 5.74) is 1.47. The lowest BCUT2D eigenvalue weighted by atomic mass is 10.1. The number of carboxylic acids is 1. The van der Waals surface area contributed by atoms with Crippen LogP contribution in [0.25, 0.3) is 17.4 Å². The second-order valence-electron chi connectivity index (χ2n) is 6.85. The van der Waals surface area contributed by atoms with Crippen LogP contribution < -0.4 is 5.11 Å². The van der Waals surface area contributed by atoms with Gasteiger partial charge in [0.2, 0.25) is 0 Å². The van der Waals surface area contributed by atoms with Crippen molar-refractivity contribution in [3.05, 3.63) is 52.6 Å². The molecule has 6 nitrogen and oxygen atoms in total. The molecule has 0 saturated carbocycles. The molecule has 0 aliphatic carbocycles. The SMILES string of the molecule is CC(=O)c1ccc(-c2ccc(/C=C3\SC(=S)N(CCCCCC(=O)[O-])C3=O)o2)cc1. The van der Waals surface area contributed by atoms with E-state index < -0.39 is 5.97 Å². The van der Waals surface area contributed by atoms with Crippen LogP contribution in [0.15, 0.2) is 45.7 Å². The number of thioether (sulfide) groups is 1. The first kappa shape index (κ1) is 22.0. The number of carboxylic acid groups (broad SMARTS) is 1. The number of carbonyl (C=O) groups is 3. The quantitative estimate of drug-likeness (QED) is 0.253. The highest BCUT2D eigenvalue weighted by molar-refractivity contribution is 8.26. The van der Waals surface area contributed by atoms with Gasteiger partial charge in [0.1, 0.15) is 15.8 Å². The van der Waals surface area contributed by atoms with E-state index >= 15 is 0 Å². The van der Waals surface area contributed by atoms with Crippen molar-refractivity contribution in [1.29, 1.82) is 0 Å². The van der Waals surface area contributed by atoms with Gasteiger partial charge in [-0.1, -0.05) is 54.7 Å². The zero-order valence-electron chi connectivity index (χ0n) is 16.4. The van der Waals surface area contributed by atoms with Crippen LogP contribution in [-0.4, -0.2) is 33.4 Å². The van der Waals surface area contributed by atoms with Gasteiger partial charge in [0, 0.05) is 29.7 Å². The molecule has 0 atom stereocenters. The minimum Gasteiger partial charge on any atom is -0.550 e. The van der Waals surface area contributed by atoms with Gasteiger partial charge in [-0.3, -0.25) is 14.5 Å². The number of unbranched alkanes of at least 4 members (excludes halogenated alkanes) is 2. The van der Waals surface area contributed by atoms with Crippen molar-refractivity contribution in [3.8, 4) is 11.3 Å². The minimum absolute atomic E-state index is 0.00241. The van der Waals surface area contributed by atoms with Crippen LogP contribution in [0.5, 0.6) is 0 Å². The molecular weight excluding hydrogens is 422 g/mol. The molecule has 8 heteroatoms. The fourth-order valence-electron chi connectivity index (χ4n) is 2.99. The number of amides is 1. The standard InChI is InChI=1S/C22H21NO5S2/c1-14(24)15-6-8-16(9-7-15)18-11-10-17(28-18)13-19-21(27)23(22(29)30-19)12-4-2-3-5-20(25)26/h6-11,13H,2-5,12H2,1H3,(H,25,26)/p-1/b19-13-. The van der Waals surface area contributed by atoms with Crippen molar-refractivity contribution in [2.24, 2.45) is 0 Å². The summed E-state index contributed by atoms with van der Waals surface area (Å²) in [6, 6.07) is 10.7. The van der Waals surface area contributed by atoms with Gasteiger partial charge in [-0.05, 0) is 38.3 Å². The third-order valence-electron chi connectivity index (χ3n) is 4.61. The van der Waals surface area contributed by atoms with Crippen LogP contribution in [0.1, 0.15) is 48.7 Å². The molecule has 1 amide bonds. The Labute approximate surface area is 183 Å². The minimum atomic E-state index is -1.06. The first-order chi connectivity index (χ1) is 14.3. The Balaban J connectivity index is 1.63. The number of Topliss-reactive ketones (excluding diaryl/α,β-unsaturated/α-hetero) is 1. The third-order valence-corrected chi connectivity index (χ3v) is 5.99. The van der Waals surface area contributed by atoms with Crippen molar-refractivity contribution < 1.29 is 23.9 Å². The maximum atomic E-state index is 12.6. The molecule has 3 rings (SSSR count). The second kappa shape index (κ2) is 9.86. The van der Waals surface area contributed by atoms with E-state index in [4.69, 9.17) is 16.6 Å². The lowest BCUT2D eigenvalue weighted by molar-refractivity contribution is -0.305. The highest BCUT2D eigenvalue weighted by Gasteiger charge is 2.31. The molecule has 0 N–H and O–H groups in total. The van der Waals surface area contributed by atoms with Crippen LogP contribution in [0.3, 0.4) is 0 Å². The van der Waals surface area contributed by atoms with Crippen LogP contribution in [0.4, 0.5) is 0 Å². The molecule has 0 spiro atoms. The van der Waals surface area contributed by atoms with E-state index in [-0.39, 0.29) is 18.1 Å². The number of hydrogen-bond donors (Lipinski definition) is 0. The molecule has 1 saturated heterocycles. The smallest absolute Gasteiger partial charge is 0.266 e. The molecule has 2 aromatic rings. The molecule has 0 unspecified atom stereocenters. The highest BCUT2D eigenvalue weighted by Crippen LogP contribution is 2.34. The van der Waals surface area contributed by atoms with Gasteiger partial charge in [0.15, 0.2) is 5.78 Å². The van der Waals surface area contributed by atoms with Gasteiger partial charge in [0.05, 0.1) is 4.91 Å². The molecule has 1 aliphatic heterocycles. The summed E-state index contributed by atoms with van der Waals surface area (Å²) in [5, 5.41) is 10.4. The van der Waals surface area contributed by atoms with Crippen LogP contribution in [-0.2, 0) is 9.59 Å². The Bertz CT molecular complexity index is 1010. The van der Waals surface area contributed by atoms with E-state index in [1.165, 1.54) is 23.6 Å². The van der Waals surface area contributed by atoms with Crippen molar-refractivity contribution >= 4 is 52.0 Å². The van der Waals surface area contributed by atoms with Gasteiger partial charge in [0.25, 0.3) is 5.91 Å². The van der Waals surface area contributed by atoms with Crippen molar-refractivity contribution in [2.75, 3.05) is 6.54 Å². The lowest BCUT2D eigenvalue weighted by Gasteiger charge is -2.14. The normalized spacial score (nSPS) is 15.2. The Hall–Kier alpha value is -2.71. The zero-order chi connectivity index (χ0) is 21.7. The number of hydrogen-bond acceptors (Lipinski definition) is 7. The zero-order valence-corrected chi connectivity index (χ0v) is 18.0. The number of furan rings is 1. The number of thiocarbonyl (C=S) groups is 1. The van der Waals surface area contributed by atoms with E-state index in [9.17, 15) is 19.5 Å². The molecule has 1 aliphatic rings. The molecule has 1 aromatic carbocycles. The van der Waals surface area contributed by atoms with Gasteiger partial charge in [-0.15, -0.1) is 0 Å². The van der Waals surface area contributed by atoms with Crippen LogP contribution in [0.2, 0.25) is 0 Å². The van der Waals surface area contributed by atoms with Gasteiger partial charge in [-0.2, -0.15) is 0 Å². The Kier molecular flexibility index (Phi) is 7.23. The van der Waals surface area contributed by atoms with E-state index in [1.54, 1.807) is 24.3 Å². The number of aliphatic carboxylic acids is 1. The van der Waals surface area contributed by atoms with E-state index in [2.05, 4.69) is 0 Å². The summed E-state index contributed by atoms with van der Waals surface area (Å²) in [6.07, 6.45) is 3.58. The van der Waals surface area contributed by atoms with Crippen molar-refractivity contribution in [3.63, 3.8) is 0 Å². The van der Waals surface area contributed by atoms with E-state index in [0.717, 1.165) is 5.56 Å². The third kappa shape index (κ3) is 5.46. The average Bonchev–Trinajstić information content (AvgIpc) is 3.27. The first-order valence-electron chi connectivity index (χ1n) is 9.51. The maximum Gasteiger partial charge on any atom is 0.266 e. The lowest BCUT2D eigenvalue weighted by Crippen LogP contribution is -2.29. The number of benzene rings is 1. The molecule has 1 fully saturated rings. The van der Waals surface area contributed by atoms with Crippen LogP contribution >= 0.6 is 24.0 Å². The van der Waals surface area contributed by atoms with Crippen molar-refractivity contribution in [2.45, 2.75) is 32.6 Å². The summed E-state index contributed by atoms with van der Waals surface area (Å²) in [6.45, 7) is 1.98. The summed E-state index contributed by atoms with van der Waals surface area (Å²) < 4.78 is 6.32. The molecule has 0 radical (unpaired) electrons. The van der Waals surface area contributed by atoms with E-state index in [1.807, 2.05) is 18.2 Å². The molecule has 1 aromatic heterocycles. The number of rotatable bonds is 9. The fraction of sp³-hybridized carbons (Fsp3) is 0.273. The van der Waals surface area contributed by atoms with Gasteiger partial charge in [-0.25, -0.2) is 0 Å². The molecule has 2 heterocycles. The monoisotopic (exact) mass is 442 g/mol. The van der Waals surface area contributed by atoms with Crippen molar-refractivity contribution in [1.82, 2.24) is 4.90 Å². The highest BCUT2D eigenvalue weighted by atomic mass is 32.2. The first-order valence-corrected chi connectivity index (χ1v) is 10.7. The number of ketones is 1. The Morgan fingerprint density at radius 2 is 1.87 bits per heavy atom. The average molecular weight is 443 g/mol. The van der Waals surface area contributed by atoms with E-state index in [0.29, 0.717) is 52.1 Å². The summed E-state index contributed by atoms with van der Waals surface area (Å²) in [5.74, 6) is -0.0534. The number of carbonyl (C=O) groups excluding carboxylic acids is 3. The maximum absolute atomic E-state index is 12.6. The molecule has 0 bridgehead atoms. The summed E-state index contributed by atoms with van der Waals surface area (Å²) >= 11 is 6.53. The molecule has 30 heavy (non-hydrogen) atoms. The molecule has 156 valence electrons. The fourth-order valence-corrected chi connectivity index (χ4v) is 4.28. The predicted octanol–water partition coefficient (Wildman–Crippen LogP) is 3.66. The Morgan fingerprint density at radius 3 is 2.53 bits per heavy atom. The Morgan fingerprint density at radius 1 is 1.13 bits per heavy atom. The predicted molar refractivity (Wildman–Crippen MR) is 118 cm³/mol. The topological polar surface area (TPSA) is 90.6 Å². The largest absolute Gasteiger partial charge is 0.550 e. The van der Waals surface area contributed by atoms with Gasteiger partial charge >= 0.3 is 0 Å². The summed E-state index contributed by atoms with van der Waals surface area (Å²) in [7, 11) is 0. The number of nitrogens with zero attached hydrogens (tertiary/aromatic N) is 1. The summed E-state index contributed by atoms with van der Waals surface area (Å²) in [4.78, 5) is 36.5. The second-order valence-corrected chi connectivity index (χ2v) is 8.53. The van der Waals surface area contributed by atoms with Crippen LogP contribution in [0, 0.1) is 0 Å². The van der Waals surface area contributed by atoms with Gasteiger partial charge < -0.3 is 14.3 Å². The molecular formula is C22H20NO5S2-.